The van der Waals surface area contributed by atoms with Crippen LogP contribution in [0, 0.1) is 5.82 Å². The van der Waals surface area contributed by atoms with Gasteiger partial charge in [-0.3, -0.25) is 4.68 Å². The van der Waals surface area contributed by atoms with Gasteiger partial charge in [0.25, 0.3) is 0 Å². The number of hydrogen-bond acceptors (Lipinski definition) is 2. The molecule has 114 valence electrons. The van der Waals surface area contributed by atoms with Gasteiger partial charge in [-0.25, -0.2) is 4.39 Å². The Labute approximate surface area is 130 Å². The molecule has 1 aromatic carbocycles. The lowest BCUT2D eigenvalue weighted by Crippen LogP contribution is -2.24. The fraction of sp³-hybridized carbons (Fsp3) is 0.438. The Hall–Kier alpha value is -1.39. The van der Waals surface area contributed by atoms with Crippen LogP contribution in [0.5, 0.6) is 0 Å². The molecule has 0 aliphatic carbocycles. The van der Waals surface area contributed by atoms with Crippen LogP contribution in [-0.4, -0.2) is 16.3 Å². The van der Waals surface area contributed by atoms with Crippen molar-refractivity contribution in [1.82, 2.24) is 15.1 Å². The Bertz CT molecular complexity index is 610. The Morgan fingerprint density at radius 2 is 2.10 bits per heavy atom. The van der Waals surface area contributed by atoms with Gasteiger partial charge >= 0.3 is 0 Å². The van der Waals surface area contributed by atoms with Crippen LogP contribution >= 0.6 is 11.6 Å². The maximum absolute atomic E-state index is 13.2. The highest BCUT2D eigenvalue weighted by atomic mass is 35.5. The molecule has 1 N–H and O–H groups in total. The third kappa shape index (κ3) is 3.83. The van der Waals surface area contributed by atoms with Crippen LogP contribution in [-0.2, 0) is 19.9 Å². The van der Waals surface area contributed by atoms with Gasteiger partial charge in [0.15, 0.2) is 0 Å². The summed E-state index contributed by atoms with van der Waals surface area (Å²) in [6.07, 6.45) is 1.68. The van der Waals surface area contributed by atoms with Crippen molar-refractivity contribution in [2.75, 3.05) is 6.54 Å². The largest absolute Gasteiger partial charge is 0.310 e. The van der Waals surface area contributed by atoms with Gasteiger partial charge in [-0.05, 0) is 36.7 Å². The average Bonchev–Trinajstić information content (AvgIpc) is 2.79. The van der Waals surface area contributed by atoms with E-state index in [1.165, 1.54) is 12.1 Å². The fourth-order valence-corrected chi connectivity index (χ4v) is 2.77. The van der Waals surface area contributed by atoms with Crippen LogP contribution < -0.4 is 5.32 Å². The Kier molecular flexibility index (Phi) is 5.37. The molecule has 21 heavy (non-hydrogen) atoms. The zero-order chi connectivity index (χ0) is 15.4. The summed E-state index contributed by atoms with van der Waals surface area (Å²) in [4.78, 5) is 0. The molecule has 0 bridgehead atoms. The van der Waals surface area contributed by atoms with Crippen LogP contribution in [0.1, 0.15) is 36.8 Å². The predicted molar refractivity (Wildman–Crippen MR) is 84.1 cm³/mol. The summed E-state index contributed by atoms with van der Waals surface area (Å²) in [5.41, 5.74) is 3.13. The molecule has 2 aromatic rings. The van der Waals surface area contributed by atoms with Gasteiger partial charge < -0.3 is 5.32 Å². The molecule has 0 saturated carbocycles. The molecule has 0 amide bonds. The van der Waals surface area contributed by atoms with E-state index in [9.17, 15) is 4.39 Å². The minimum atomic E-state index is -0.312. The molecule has 0 saturated heterocycles. The van der Waals surface area contributed by atoms with Crippen molar-refractivity contribution in [2.45, 2.75) is 32.7 Å². The molecule has 1 atom stereocenters. The quantitative estimate of drug-likeness (QED) is 0.882. The van der Waals surface area contributed by atoms with E-state index in [4.69, 9.17) is 11.6 Å². The second-order valence-electron chi connectivity index (χ2n) is 5.08. The zero-order valence-electron chi connectivity index (χ0n) is 12.7. The Balaban J connectivity index is 2.28. The highest BCUT2D eigenvalue weighted by Gasteiger charge is 2.17. The van der Waals surface area contributed by atoms with Gasteiger partial charge in [-0.2, -0.15) is 5.10 Å². The highest BCUT2D eigenvalue weighted by Crippen LogP contribution is 2.26. The highest BCUT2D eigenvalue weighted by molar-refractivity contribution is 6.31. The molecule has 1 aromatic heterocycles. The van der Waals surface area contributed by atoms with Gasteiger partial charge in [0, 0.05) is 30.2 Å². The minimum absolute atomic E-state index is 0.0446. The van der Waals surface area contributed by atoms with Gasteiger partial charge in [-0.15, -0.1) is 0 Å². The van der Waals surface area contributed by atoms with Crippen LogP contribution in [0.2, 0.25) is 5.02 Å². The number of aryl methyl sites for hydroxylation is 2. The SMILES string of the molecule is CCNC(Cc1cc(CC)nn1C)c1ccc(F)cc1Cl. The van der Waals surface area contributed by atoms with Crippen molar-refractivity contribution in [3.05, 3.63) is 52.1 Å². The lowest BCUT2D eigenvalue weighted by Gasteiger charge is -2.19. The molecule has 0 fully saturated rings. The molecular weight excluding hydrogens is 289 g/mol. The average molecular weight is 310 g/mol. The number of hydrogen-bond donors (Lipinski definition) is 1. The summed E-state index contributed by atoms with van der Waals surface area (Å²) in [5, 5.41) is 8.34. The molecule has 0 aliphatic rings. The minimum Gasteiger partial charge on any atom is -0.310 e. The third-order valence-electron chi connectivity index (χ3n) is 3.59. The standard InChI is InChI=1S/C16H21ClFN3/c1-4-12-9-13(21(3)20-12)10-16(19-5-2)14-7-6-11(18)8-15(14)17/h6-9,16,19H,4-5,10H2,1-3H3. The second-order valence-corrected chi connectivity index (χ2v) is 5.49. The summed E-state index contributed by atoms with van der Waals surface area (Å²) in [6, 6.07) is 6.72. The van der Waals surface area contributed by atoms with E-state index < -0.39 is 0 Å². The number of aromatic nitrogens is 2. The molecule has 0 aliphatic heterocycles. The van der Waals surface area contributed by atoms with Crippen LogP contribution in [0.3, 0.4) is 0 Å². The first-order valence-corrected chi connectivity index (χ1v) is 7.63. The maximum Gasteiger partial charge on any atom is 0.124 e. The van der Waals surface area contributed by atoms with Crippen molar-refractivity contribution in [2.24, 2.45) is 7.05 Å². The second kappa shape index (κ2) is 7.05. The number of nitrogens with zero attached hydrogens (tertiary/aromatic N) is 2. The van der Waals surface area contributed by atoms with Crippen molar-refractivity contribution in [3.63, 3.8) is 0 Å². The summed E-state index contributed by atoms with van der Waals surface area (Å²) >= 11 is 6.20. The van der Waals surface area contributed by atoms with Crippen LogP contribution in [0.15, 0.2) is 24.3 Å². The zero-order valence-corrected chi connectivity index (χ0v) is 13.4. The molecule has 0 radical (unpaired) electrons. The van der Waals surface area contributed by atoms with Crippen molar-refractivity contribution >= 4 is 11.6 Å². The van der Waals surface area contributed by atoms with Crippen LogP contribution in [0.25, 0.3) is 0 Å². The number of rotatable bonds is 6. The van der Waals surface area contributed by atoms with E-state index in [-0.39, 0.29) is 11.9 Å². The van der Waals surface area contributed by atoms with Crippen molar-refractivity contribution in [1.29, 1.82) is 0 Å². The number of benzene rings is 1. The monoisotopic (exact) mass is 309 g/mol. The summed E-state index contributed by atoms with van der Waals surface area (Å²) in [6.45, 7) is 4.95. The molecular formula is C16H21ClFN3. The normalized spacial score (nSPS) is 12.6. The molecule has 0 spiro atoms. The molecule has 1 unspecified atom stereocenters. The van der Waals surface area contributed by atoms with Crippen molar-refractivity contribution < 1.29 is 4.39 Å². The van der Waals surface area contributed by atoms with E-state index in [1.54, 1.807) is 6.07 Å². The van der Waals surface area contributed by atoms with E-state index in [0.717, 1.165) is 36.3 Å². The summed E-state index contributed by atoms with van der Waals surface area (Å²) < 4.78 is 15.1. The fourth-order valence-electron chi connectivity index (χ4n) is 2.47. The predicted octanol–water partition coefficient (Wildman–Crippen LogP) is 3.67. The number of likely N-dealkylation sites (N-methyl/N-ethyl adjacent to an activating group) is 1. The van der Waals surface area contributed by atoms with E-state index in [2.05, 4.69) is 23.4 Å². The lowest BCUT2D eigenvalue weighted by molar-refractivity contribution is 0.527. The van der Waals surface area contributed by atoms with E-state index in [0.29, 0.717) is 5.02 Å². The van der Waals surface area contributed by atoms with Gasteiger partial charge in [0.2, 0.25) is 0 Å². The summed E-state index contributed by atoms with van der Waals surface area (Å²) in [7, 11) is 1.95. The van der Waals surface area contributed by atoms with Crippen molar-refractivity contribution in [3.8, 4) is 0 Å². The lowest BCUT2D eigenvalue weighted by atomic mass is 10.0. The molecule has 1 heterocycles. The van der Waals surface area contributed by atoms with E-state index >= 15 is 0 Å². The van der Waals surface area contributed by atoms with Gasteiger partial charge in [0.1, 0.15) is 5.82 Å². The van der Waals surface area contributed by atoms with E-state index in [1.807, 2.05) is 18.7 Å². The smallest absolute Gasteiger partial charge is 0.124 e. The summed E-state index contributed by atoms with van der Waals surface area (Å²) in [5.74, 6) is -0.312. The van der Waals surface area contributed by atoms with Gasteiger partial charge in [-0.1, -0.05) is 31.5 Å². The maximum atomic E-state index is 13.2. The third-order valence-corrected chi connectivity index (χ3v) is 3.92. The first-order chi connectivity index (χ1) is 10.0. The Morgan fingerprint density at radius 1 is 1.33 bits per heavy atom. The topological polar surface area (TPSA) is 29.9 Å². The van der Waals surface area contributed by atoms with Gasteiger partial charge in [0.05, 0.1) is 5.69 Å². The molecule has 5 heteroatoms. The molecule has 2 rings (SSSR count). The Morgan fingerprint density at radius 3 is 2.67 bits per heavy atom. The van der Waals surface area contributed by atoms with Crippen LogP contribution in [0.4, 0.5) is 4.39 Å². The first-order valence-electron chi connectivity index (χ1n) is 7.25. The number of halogens is 2. The molecule has 3 nitrogen and oxygen atoms in total. The first kappa shape index (κ1) is 16.0. The number of nitrogens with one attached hydrogen (secondary N) is 1.